The second-order valence-electron chi connectivity index (χ2n) is 9.89. The number of benzene rings is 3. The third kappa shape index (κ3) is 6.50. The number of halogens is 1. The summed E-state index contributed by atoms with van der Waals surface area (Å²) in [6.45, 7) is 8.50. The molecule has 37 heavy (non-hydrogen) atoms. The first kappa shape index (κ1) is 28.2. The number of methoxy groups -OCH3 is 2. The Bertz CT molecular complexity index is 1220. The molecule has 0 saturated carbocycles. The van der Waals surface area contributed by atoms with Crippen LogP contribution in [-0.2, 0) is 16.1 Å². The number of aliphatic carboxylic acids is 1. The Balaban J connectivity index is 2.01. The number of hydrogen-bond donors (Lipinski definition) is 1. The van der Waals surface area contributed by atoms with Gasteiger partial charge in [-0.25, -0.2) is 4.39 Å². The van der Waals surface area contributed by atoms with E-state index in [1.165, 1.54) is 6.07 Å². The zero-order chi connectivity index (χ0) is 27.2. The van der Waals surface area contributed by atoms with Gasteiger partial charge in [0.25, 0.3) is 0 Å². The Kier molecular flexibility index (Phi) is 9.33. The summed E-state index contributed by atoms with van der Waals surface area (Å²) in [5, 5.41) is 9.50. The predicted octanol–water partition coefficient (Wildman–Crippen LogP) is 7.78. The molecule has 6 heteroatoms. The highest BCUT2D eigenvalue weighted by Crippen LogP contribution is 2.44. The van der Waals surface area contributed by atoms with Gasteiger partial charge >= 0.3 is 5.97 Å². The number of ether oxygens (including phenoxy) is 3. The van der Waals surface area contributed by atoms with Crippen molar-refractivity contribution in [3.05, 3.63) is 83.2 Å². The molecule has 0 aliphatic heterocycles. The average Bonchev–Trinajstić information content (AvgIpc) is 2.89. The lowest BCUT2D eigenvalue weighted by Gasteiger charge is -2.34. The van der Waals surface area contributed by atoms with Crippen LogP contribution in [0.15, 0.2) is 60.7 Å². The number of carboxylic acids is 1. The molecule has 0 aliphatic rings. The summed E-state index contributed by atoms with van der Waals surface area (Å²) >= 11 is 0. The summed E-state index contributed by atoms with van der Waals surface area (Å²) in [6.07, 6.45) is 1.07. The maximum atomic E-state index is 15.0. The predicted molar refractivity (Wildman–Crippen MR) is 144 cm³/mol. The van der Waals surface area contributed by atoms with Crippen molar-refractivity contribution in [1.29, 1.82) is 0 Å². The van der Waals surface area contributed by atoms with Crippen LogP contribution in [0.1, 0.15) is 69.2 Å². The molecule has 0 fully saturated rings. The smallest absolute Gasteiger partial charge is 0.310 e. The van der Waals surface area contributed by atoms with E-state index >= 15 is 4.39 Å². The quantitative estimate of drug-likeness (QED) is 0.271. The molecule has 0 saturated heterocycles. The van der Waals surface area contributed by atoms with Crippen LogP contribution in [0, 0.1) is 11.2 Å². The molecule has 0 amide bonds. The largest absolute Gasteiger partial charge is 0.497 e. The van der Waals surface area contributed by atoms with Gasteiger partial charge in [0.2, 0.25) is 0 Å². The third-order valence-corrected chi connectivity index (χ3v) is 7.09. The van der Waals surface area contributed by atoms with Crippen molar-refractivity contribution in [3.8, 4) is 22.6 Å². The number of rotatable bonds is 12. The molecule has 0 heterocycles. The van der Waals surface area contributed by atoms with E-state index in [0.717, 1.165) is 23.1 Å². The highest BCUT2D eigenvalue weighted by Gasteiger charge is 2.32. The first-order valence-electron chi connectivity index (χ1n) is 12.6. The molecule has 0 aliphatic carbocycles. The van der Waals surface area contributed by atoms with Gasteiger partial charge in [-0.2, -0.15) is 0 Å². The van der Waals surface area contributed by atoms with Crippen LogP contribution in [0.2, 0.25) is 0 Å². The Morgan fingerprint density at radius 1 is 0.973 bits per heavy atom. The molecule has 2 atom stereocenters. The van der Waals surface area contributed by atoms with Crippen molar-refractivity contribution in [3.63, 3.8) is 0 Å². The minimum Gasteiger partial charge on any atom is -0.497 e. The summed E-state index contributed by atoms with van der Waals surface area (Å²) in [5.74, 6) is -0.598. The van der Waals surface area contributed by atoms with Crippen molar-refractivity contribution in [2.75, 3.05) is 14.2 Å². The van der Waals surface area contributed by atoms with Gasteiger partial charge in [0.15, 0.2) is 0 Å². The lowest BCUT2D eigenvalue weighted by Crippen LogP contribution is -2.24. The lowest BCUT2D eigenvalue weighted by atomic mass is 9.77. The molecule has 1 N–H and O–H groups in total. The van der Waals surface area contributed by atoms with Crippen LogP contribution < -0.4 is 9.47 Å². The molecule has 198 valence electrons. The average molecular weight is 509 g/mol. The van der Waals surface area contributed by atoms with Gasteiger partial charge in [-0.1, -0.05) is 52.0 Å². The fraction of sp³-hybridized carbons (Fsp3) is 0.387. The lowest BCUT2D eigenvalue weighted by molar-refractivity contribution is -0.138. The first-order valence-corrected chi connectivity index (χ1v) is 12.6. The van der Waals surface area contributed by atoms with E-state index in [0.29, 0.717) is 29.0 Å². The van der Waals surface area contributed by atoms with Crippen LogP contribution in [0.3, 0.4) is 0 Å². The zero-order valence-corrected chi connectivity index (χ0v) is 22.5. The van der Waals surface area contributed by atoms with E-state index < -0.39 is 11.9 Å². The molecule has 0 spiro atoms. The minimum atomic E-state index is -0.853. The Morgan fingerprint density at radius 3 is 2.35 bits per heavy atom. The van der Waals surface area contributed by atoms with E-state index in [9.17, 15) is 9.90 Å². The second-order valence-corrected chi connectivity index (χ2v) is 9.89. The summed E-state index contributed by atoms with van der Waals surface area (Å²) < 4.78 is 32.4. The van der Waals surface area contributed by atoms with Crippen LogP contribution in [-0.4, -0.2) is 25.3 Å². The molecule has 3 rings (SSSR count). The summed E-state index contributed by atoms with van der Waals surface area (Å²) in [7, 11) is 3.24. The Hall–Kier alpha value is -3.38. The highest BCUT2D eigenvalue weighted by atomic mass is 19.1. The van der Waals surface area contributed by atoms with Crippen LogP contribution in [0.4, 0.5) is 4.39 Å². The topological polar surface area (TPSA) is 65.0 Å². The third-order valence-electron chi connectivity index (χ3n) is 7.09. The van der Waals surface area contributed by atoms with E-state index in [4.69, 9.17) is 14.2 Å². The summed E-state index contributed by atoms with van der Waals surface area (Å²) in [6, 6.07) is 17.8. The normalized spacial score (nSPS) is 13.2. The van der Waals surface area contributed by atoms with Crippen molar-refractivity contribution >= 4 is 5.97 Å². The molecule has 3 aromatic rings. The SMILES string of the molecule is CCC(C(=O)O)c1cccc(OCc2ccc(-c3cc(OC)ccc3F)c([C@H](OC)C(C)(C)CC)c2)c1. The van der Waals surface area contributed by atoms with Gasteiger partial charge in [-0.15, -0.1) is 0 Å². The molecular weight excluding hydrogens is 471 g/mol. The number of hydrogen-bond acceptors (Lipinski definition) is 4. The Labute approximate surface area is 219 Å². The van der Waals surface area contributed by atoms with Gasteiger partial charge < -0.3 is 19.3 Å². The van der Waals surface area contributed by atoms with Gasteiger partial charge in [-0.05, 0) is 76.9 Å². The van der Waals surface area contributed by atoms with E-state index in [1.807, 2.05) is 31.2 Å². The molecule has 0 aromatic heterocycles. The monoisotopic (exact) mass is 508 g/mol. The van der Waals surface area contributed by atoms with Crippen molar-refractivity contribution in [2.24, 2.45) is 5.41 Å². The van der Waals surface area contributed by atoms with Crippen molar-refractivity contribution < 1.29 is 28.5 Å². The van der Waals surface area contributed by atoms with E-state index in [-0.39, 0.29) is 23.9 Å². The molecule has 0 bridgehead atoms. The maximum absolute atomic E-state index is 15.0. The number of carbonyl (C=O) groups is 1. The second kappa shape index (κ2) is 12.2. The molecule has 5 nitrogen and oxygen atoms in total. The van der Waals surface area contributed by atoms with Crippen LogP contribution in [0.5, 0.6) is 11.5 Å². The van der Waals surface area contributed by atoms with Crippen molar-refractivity contribution in [2.45, 2.75) is 59.2 Å². The number of carboxylic acid groups (broad SMARTS) is 1. The summed E-state index contributed by atoms with van der Waals surface area (Å²) in [4.78, 5) is 11.6. The maximum Gasteiger partial charge on any atom is 0.310 e. The van der Waals surface area contributed by atoms with Crippen molar-refractivity contribution in [1.82, 2.24) is 0 Å². The summed E-state index contributed by atoms with van der Waals surface area (Å²) in [5.41, 5.74) is 3.45. The molecular formula is C31H37FO5. The highest BCUT2D eigenvalue weighted by molar-refractivity contribution is 5.76. The van der Waals surface area contributed by atoms with Gasteiger partial charge in [-0.3, -0.25) is 4.79 Å². The Morgan fingerprint density at radius 2 is 1.73 bits per heavy atom. The molecule has 3 aromatic carbocycles. The van der Waals surface area contributed by atoms with Crippen LogP contribution in [0.25, 0.3) is 11.1 Å². The van der Waals surface area contributed by atoms with E-state index in [1.54, 1.807) is 44.6 Å². The van der Waals surface area contributed by atoms with Gasteiger partial charge in [0.1, 0.15) is 23.9 Å². The molecule has 0 radical (unpaired) electrons. The van der Waals surface area contributed by atoms with Gasteiger partial charge in [0.05, 0.1) is 19.1 Å². The van der Waals surface area contributed by atoms with Gasteiger partial charge in [0, 0.05) is 12.7 Å². The first-order chi connectivity index (χ1) is 17.6. The fourth-order valence-electron chi connectivity index (χ4n) is 4.59. The molecule has 1 unspecified atom stereocenters. The zero-order valence-electron chi connectivity index (χ0n) is 22.5. The fourth-order valence-corrected chi connectivity index (χ4v) is 4.59. The van der Waals surface area contributed by atoms with E-state index in [2.05, 4.69) is 20.8 Å². The van der Waals surface area contributed by atoms with Crippen LogP contribution >= 0.6 is 0 Å². The minimum absolute atomic E-state index is 0.210. The standard InChI is InChI=1S/C31H37FO5/c1-7-24(30(33)34)21-10-9-11-23(17-21)37-19-20-12-14-25(26-18-22(35-5)13-15-28(26)32)27(16-20)29(36-6)31(3,4)8-2/h9-18,24,29H,7-8,19H2,1-6H3,(H,33,34)/t24?,29-/m0/s1.